The van der Waals surface area contributed by atoms with Gasteiger partial charge in [0.15, 0.2) is 5.82 Å². The van der Waals surface area contributed by atoms with Gasteiger partial charge in [-0.05, 0) is 42.8 Å². The quantitative estimate of drug-likeness (QED) is 0.797. The number of anilines is 1. The van der Waals surface area contributed by atoms with E-state index in [-0.39, 0.29) is 6.04 Å². The molecule has 0 aliphatic carbocycles. The third-order valence-electron chi connectivity index (χ3n) is 3.42. The summed E-state index contributed by atoms with van der Waals surface area (Å²) >= 11 is 0. The van der Waals surface area contributed by atoms with Gasteiger partial charge in [-0.2, -0.15) is 0 Å². The highest BCUT2D eigenvalue weighted by molar-refractivity contribution is 5.60. The van der Waals surface area contributed by atoms with Crippen molar-refractivity contribution >= 4 is 5.69 Å². The van der Waals surface area contributed by atoms with Crippen LogP contribution in [0.4, 0.5) is 5.69 Å². The maximum absolute atomic E-state index is 4.15. The summed E-state index contributed by atoms with van der Waals surface area (Å²) in [7, 11) is 1.94. The van der Waals surface area contributed by atoms with E-state index in [2.05, 4.69) is 45.6 Å². The van der Waals surface area contributed by atoms with Gasteiger partial charge in [-0.25, -0.2) is 0 Å². The predicted octanol–water partition coefficient (Wildman–Crippen LogP) is 3.05. The second kappa shape index (κ2) is 5.75. The van der Waals surface area contributed by atoms with Crippen molar-refractivity contribution in [2.45, 2.75) is 13.0 Å². The molecule has 106 valence electrons. The van der Waals surface area contributed by atoms with Crippen LogP contribution in [0.15, 0.2) is 55.1 Å². The third kappa shape index (κ3) is 2.91. The molecule has 0 spiro atoms. The fraction of sp³-hybridized carbons (Fsp3) is 0.188. The summed E-state index contributed by atoms with van der Waals surface area (Å²) in [6, 6.07) is 12.4. The van der Waals surface area contributed by atoms with Gasteiger partial charge in [0.05, 0.1) is 6.04 Å². The van der Waals surface area contributed by atoms with E-state index in [1.165, 1.54) is 0 Å². The summed E-state index contributed by atoms with van der Waals surface area (Å²) in [5.74, 6) is 0.863. The number of hydrogen-bond donors (Lipinski definition) is 1. The smallest absolute Gasteiger partial charge is 0.163 e. The van der Waals surface area contributed by atoms with Crippen molar-refractivity contribution in [2.24, 2.45) is 7.05 Å². The highest BCUT2D eigenvalue weighted by Crippen LogP contribution is 2.22. The van der Waals surface area contributed by atoms with Crippen LogP contribution >= 0.6 is 0 Å². The molecule has 0 saturated carbocycles. The number of nitrogens with zero attached hydrogens (tertiary/aromatic N) is 4. The summed E-state index contributed by atoms with van der Waals surface area (Å²) in [6.07, 6.45) is 5.36. The van der Waals surface area contributed by atoms with E-state index in [1.807, 2.05) is 36.0 Å². The molecular formula is C16H17N5. The summed E-state index contributed by atoms with van der Waals surface area (Å²) in [5.41, 5.74) is 3.28. The highest BCUT2D eigenvalue weighted by Gasteiger charge is 2.07. The topological polar surface area (TPSA) is 55.6 Å². The molecule has 1 atom stereocenters. The summed E-state index contributed by atoms with van der Waals surface area (Å²) in [6.45, 7) is 2.12. The van der Waals surface area contributed by atoms with Crippen LogP contribution in [0.3, 0.4) is 0 Å². The molecule has 21 heavy (non-hydrogen) atoms. The van der Waals surface area contributed by atoms with E-state index < -0.39 is 0 Å². The molecule has 1 aromatic carbocycles. The van der Waals surface area contributed by atoms with Gasteiger partial charge < -0.3 is 9.88 Å². The van der Waals surface area contributed by atoms with E-state index >= 15 is 0 Å². The number of hydrogen-bond acceptors (Lipinski definition) is 4. The zero-order chi connectivity index (χ0) is 14.7. The number of pyridine rings is 1. The summed E-state index contributed by atoms with van der Waals surface area (Å²) in [4.78, 5) is 4.15. The lowest BCUT2D eigenvalue weighted by molar-refractivity contribution is 0.875. The van der Waals surface area contributed by atoms with Crippen LogP contribution in [0.5, 0.6) is 0 Å². The van der Waals surface area contributed by atoms with Crippen molar-refractivity contribution in [3.8, 4) is 11.4 Å². The van der Waals surface area contributed by atoms with E-state index in [4.69, 9.17) is 0 Å². The SMILES string of the molecule is CC(Nc1ccc(-c2nncn2C)cc1)c1cccnc1. The Morgan fingerprint density at radius 3 is 2.57 bits per heavy atom. The van der Waals surface area contributed by atoms with Crippen LogP contribution in [0, 0.1) is 0 Å². The highest BCUT2D eigenvalue weighted by atomic mass is 15.2. The first-order valence-electron chi connectivity index (χ1n) is 6.85. The Hall–Kier alpha value is -2.69. The molecule has 0 radical (unpaired) electrons. The van der Waals surface area contributed by atoms with Crippen molar-refractivity contribution in [1.82, 2.24) is 19.7 Å². The predicted molar refractivity (Wildman–Crippen MR) is 82.7 cm³/mol. The number of nitrogens with one attached hydrogen (secondary N) is 1. The monoisotopic (exact) mass is 279 g/mol. The molecular weight excluding hydrogens is 262 g/mol. The van der Waals surface area contributed by atoms with Gasteiger partial charge in [0.1, 0.15) is 6.33 Å². The molecule has 0 amide bonds. The Balaban J connectivity index is 1.75. The van der Waals surface area contributed by atoms with E-state index in [0.717, 1.165) is 22.6 Å². The molecule has 2 aromatic heterocycles. The van der Waals surface area contributed by atoms with E-state index in [9.17, 15) is 0 Å². The number of aromatic nitrogens is 4. The van der Waals surface area contributed by atoms with Crippen LogP contribution in [0.1, 0.15) is 18.5 Å². The minimum absolute atomic E-state index is 0.208. The average Bonchev–Trinajstić information content (AvgIpc) is 2.95. The second-order valence-corrected chi connectivity index (χ2v) is 5.00. The molecule has 3 rings (SSSR count). The Labute approximate surface area is 123 Å². The number of benzene rings is 1. The van der Waals surface area contributed by atoms with Gasteiger partial charge in [0, 0.05) is 30.7 Å². The fourth-order valence-electron chi connectivity index (χ4n) is 2.23. The summed E-state index contributed by atoms with van der Waals surface area (Å²) < 4.78 is 1.90. The van der Waals surface area contributed by atoms with Crippen molar-refractivity contribution in [2.75, 3.05) is 5.32 Å². The normalized spacial score (nSPS) is 12.1. The average molecular weight is 279 g/mol. The zero-order valence-electron chi connectivity index (χ0n) is 12.1. The van der Waals surface area contributed by atoms with Gasteiger partial charge in [0.25, 0.3) is 0 Å². The van der Waals surface area contributed by atoms with E-state index in [1.54, 1.807) is 12.5 Å². The lowest BCUT2D eigenvalue weighted by Gasteiger charge is -2.15. The molecule has 3 aromatic rings. The Kier molecular flexibility index (Phi) is 3.64. The largest absolute Gasteiger partial charge is 0.378 e. The Bertz CT molecular complexity index is 703. The summed E-state index contributed by atoms with van der Waals surface area (Å²) in [5, 5.41) is 11.5. The van der Waals surface area contributed by atoms with Gasteiger partial charge in [-0.3, -0.25) is 4.98 Å². The first-order chi connectivity index (χ1) is 10.2. The first kappa shape index (κ1) is 13.3. The van der Waals surface area contributed by atoms with Gasteiger partial charge in [-0.15, -0.1) is 10.2 Å². The molecule has 1 unspecified atom stereocenters. The fourth-order valence-corrected chi connectivity index (χ4v) is 2.23. The van der Waals surface area contributed by atoms with Crippen LogP contribution in [0.25, 0.3) is 11.4 Å². The number of aryl methyl sites for hydroxylation is 1. The lowest BCUT2D eigenvalue weighted by Crippen LogP contribution is -2.06. The molecule has 0 saturated heterocycles. The minimum Gasteiger partial charge on any atom is -0.378 e. The molecule has 5 nitrogen and oxygen atoms in total. The molecule has 0 bridgehead atoms. The molecule has 1 N–H and O–H groups in total. The van der Waals surface area contributed by atoms with E-state index in [0.29, 0.717) is 0 Å². The zero-order valence-corrected chi connectivity index (χ0v) is 12.1. The number of rotatable bonds is 4. The van der Waals surface area contributed by atoms with Crippen LogP contribution in [-0.2, 0) is 7.05 Å². The maximum Gasteiger partial charge on any atom is 0.163 e. The van der Waals surface area contributed by atoms with Gasteiger partial charge in [-0.1, -0.05) is 6.07 Å². The van der Waals surface area contributed by atoms with Crippen molar-refractivity contribution in [3.63, 3.8) is 0 Å². The van der Waals surface area contributed by atoms with Gasteiger partial charge in [0.2, 0.25) is 0 Å². The van der Waals surface area contributed by atoms with Crippen molar-refractivity contribution in [3.05, 3.63) is 60.7 Å². The second-order valence-electron chi connectivity index (χ2n) is 5.00. The van der Waals surface area contributed by atoms with Crippen LogP contribution in [0.2, 0.25) is 0 Å². The lowest BCUT2D eigenvalue weighted by atomic mass is 10.1. The Morgan fingerprint density at radius 2 is 1.95 bits per heavy atom. The van der Waals surface area contributed by atoms with Crippen molar-refractivity contribution in [1.29, 1.82) is 0 Å². The van der Waals surface area contributed by atoms with Crippen LogP contribution in [-0.4, -0.2) is 19.7 Å². The van der Waals surface area contributed by atoms with Crippen LogP contribution < -0.4 is 5.32 Å². The molecule has 2 heterocycles. The van der Waals surface area contributed by atoms with Gasteiger partial charge >= 0.3 is 0 Å². The maximum atomic E-state index is 4.15. The minimum atomic E-state index is 0.208. The first-order valence-corrected chi connectivity index (χ1v) is 6.85. The molecule has 0 aliphatic heterocycles. The third-order valence-corrected chi connectivity index (χ3v) is 3.42. The van der Waals surface area contributed by atoms with Crippen molar-refractivity contribution < 1.29 is 0 Å². The standard InChI is InChI=1S/C16H17N5/c1-12(14-4-3-9-17-10-14)19-15-7-5-13(6-8-15)16-20-18-11-21(16)2/h3-12,19H,1-2H3. The molecule has 5 heteroatoms. The molecule has 0 fully saturated rings. The molecule has 0 aliphatic rings. The Morgan fingerprint density at radius 1 is 1.14 bits per heavy atom.